The summed E-state index contributed by atoms with van der Waals surface area (Å²) in [5.41, 5.74) is 3.32. The first-order valence-corrected chi connectivity index (χ1v) is 9.51. The molecule has 1 aromatic heterocycles. The second-order valence-electron chi connectivity index (χ2n) is 6.31. The number of carbonyl (C=O) groups is 1. The molecule has 0 saturated heterocycles. The van der Waals surface area contributed by atoms with Crippen molar-refractivity contribution < 1.29 is 9.21 Å². The third kappa shape index (κ3) is 3.87. The number of allylic oxidation sites excluding steroid dienone is 1. The summed E-state index contributed by atoms with van der Waals surface area (Å²) in [5.74, 6) is -0.0797. The maximum atomic E-state index is 12.5. The lowest BCUT2D eigenvalue weighted by Crippen LogP contribution is -1.98. The fraction of sp³-hybridized carbons (Fsp3) is 0. The minimum atomic E-state index is -0.397. The van der Waals surface area contributed by atoms with Crippen molar-refractivity contribution in [3.05, 3.63) is 111 Å². The minimum absolute atomic E-state index is 0.0797. The minimum Gasteiger partial charge on any atom is -0.423 e. The Hall–Kier alpha value is -3.24. The van der Waals surface area contributed by atoms with Crippen molar-refractivity contribution in [1.29, 1.82) is 0 Å². The van der Waals surface area contributed by atoms with Crippen molar-refractivity contribution in [1.82, 2.24) is 0 Å². The summed E-state index contributed by atoms with van der Waals surface area (Å²) < 4.78 is 6.21. The van der Waals surface area contributed by atoms with E-state index in [1.165, 1.54) is 6.07 Å². The number of hydrogen-bond acceptors (Lipinski definition) is 3. The molecule has 4 aromatic rings. The lowest BCUT2D eigenvalue weighted by Gasteiger charge is -2.06. The van der Waals surface area contributed by atoms with Gasteiger partial charge in [0.2, 0.25) is 0 Å². The third-order valence-corrected chi connectivity index (χ3v) is 4.90. The van der Waals surface area contributed by atoms with Gasteiger partial charge in [-0.3, -0.25) is 4.79 Å². The highest BCUT2D eigenvalue weighted by Crippen LogP contribution is 2.27. The highest BCUT2D eigenvalue weighted by Gasteiger charge is 2.08. The maximum absolute atomic E-state index is 12.5. The van der Waals surface area contributed by atoms with E-state index in [1.807, 2.05) is 54.6 Å². The number of fused-ring (bicyclic) bond motifs is 1. The molecular formula is C24H15BrO3. The Morgan fingerprint density at radius 2 is 1.68 bits per heavy atom. The molecule has 136 valence electrons. The van der Waals surface area contributed by atoms with Gasteiger partial charge in [-0.05, 0) is 41.0 Å². The fourth-order valence-electron chi connectivity index (χ4n) is 3.04. The standard InChI is InChI=1S/C24H15BrO3/c25-19-5-3-4-16(14-19)8-13-22(26)18-11-9-17(10-12-18)21-15-24(27)28-23-7-2-1-6-20(21)23/h1-15H. The van der Waals surface area contributed by atoms with Crippen LogP contribution in [-0.4, -0.2) is 5.78 Å². The van der Waals surface area contributed by atoms with Crippen molar-refractivity contribution in [3.8, 4) is 11.1 Å². The van der Waals surface area contributed by atoms with Crippen LogP contribution in [0.25, 0.3) is 28.2 Å². The lowest BCUT2D eigenvalue weighted by molar-refractivity contribution is 0.104. The first-order chi connectivity index (χ1) is 13.6. The first kappa shape index (κ1) is 18.1. The van der Waals surface area contributed by atoms with E-state index in [2.05, 4.69) is 15.9 Å². The van der Waals surface area contributed by atoms with E-state index in [4.69, 9.17) is 4.42 Å². The molecule has 0 aliphatic heterocycles. The molecule has 0 spiro atoms. The smallest absolute Gasteiger partial charge is 0.336 e. The van der Waals surface area contributed by atoms with Crippen LogP contribution in [0.1, 0.15) is 15.9 Å². The molecular weight excluding hydrogens is 416 g/mol. The number of ketones is 1. The van der Waals surface area contributed by atoms with E-state index in [1.54, 1.807) is 30.4 Å². The normalized spacial score (nSPS) is 11.2. The van der Waals surface area contributed by atoms with Gasteiger partial charge in [0, 0.05) is 21.5 Å². The van der Waals surface area contributed by atoms with Crippen LogP contribution in [-0.2, 0) is 0 Å². The Labute approximate surface area is 170 Å². The Kier molecular flexibility index (Phi) is 5.04. The van der Waals surface area contributed by atoms with E-state index < -0.39 is 5.63 Å². The molecule has 0 radical (unpaired) electrons. The molecule has 0 saturated carbocycles. The average Bonchev–Trinajstić information content (AvgIpc) is 2.71. The average molecular weight is 431 g/mol. The van der Waals surface area contributed by atoms with E-state index in [9.17, 15) is 9.59 Å². The molecule has 0 fully saturated rings. The highest BCUT2D eigenvalue weighted by molar-refractivity contribution is 9.10. The molecule has 0 aliphatic rings. The van der Waals surface area contributed by atoms with Crippen molar-refractivity contribution in [2.45, 2.75) is 0 Å². The molecule has 0 bridgehead atoms. The monoisotopic (exact) mass is 430 g/mol. The zero-order valence-corrected chi connectivity index (χ0v) is 16.3. The van der Waals surface area contributed by atoms with Gasteiger partial charge < -0.3 is 4.42 Å². The molecule has 0 unspecified atom stereocenters. The number of halogens is 1. The van der Waals surface area contributed by atoms with Gasteiger partial charge in [0.05, 0.1) is 0 Å². The molecule has 28 heavy (non-hydrogen) atoms. The van der Waals surface area contributed by atoms with Crippen LogP contribution < -0.4 is 5.63 Å². The number of benzene rings is 3. The molecule has 4 heteroatoms. The SMILES string of the molecule is O=C(C=Cc1cccc(Br)c1)c1ccc(-c2cc(=O)oc3ccccc23)cc1. The summed E-state index contributed by atoms with van der Waals surface area (Å²) in [7, 11) is 0. The summed E-state index contributed by atoms with van der Waals surface area (Å²) >= 11 is 3.42. The predicted molar refractivity (Wildman–Crippen MR) is 115 cm³/mol. The van der Waals surface area contributed by atoms with Gasteiger partial charge >= 0.3 is 5.63 Å². The maximum Gasteiger partial charge on any atom is 0.336 e. The molecule has 0 N–H and O–H groups in total. The van der Waals surface area contributed by atoms with Crippen LogP contribution in [0.15, 0.2) is 98.6 Å². The second-order valence-corrected chi connectivity index (χ2v) is 7.22. The van der Waals surface area contributed by atoms with Crippen molar-refractivity contribution in [3.63, 3.8) is 0 Å². The molecule has 0 atom stereocenters. The molecule has 0 aliphatic carbocycles. The molecule has 0 amide bonds. The summed E-state index contributed by atoms with van der Waals surface area (Å²) in [5, 5.41) is 0.857. The Balaban J connectivity index is 1.63. The van der Waals surface area contributed by atoms with Crippen LogP contribution >= 0.6 is 15.9 Å². The van der Waals surface area contributed by atoms with Gasteiger partial charge in [-0.2, -0.15) is 0 Å². The summed E-state index contributed by atoms with van der Waals surface area (Å²) in [6.07, 6.45) is 3.35. The molecule has 3 nitrogen and oxygen atoms in total. The fourth-order valence-corrected chi connectivity index (χ4v) is 3.46. The van der Waals surface area contributed by atoms with Gasteiger partial charge in [0.15, 0.2) is 5.78 Å². The van der Waals surface area contributed by atoms with E-state index in [0.29, 0.717) is 11.1 Å². The summed E-state index contributed by atoms with van der Waals surface area (Å²) in [6.45, 7) is 0. The third-order valence-electron chi connectivity index (χ3n) is 4.41. The predicted octanol–water partition coefficient (Wildman–Crippen LogP) is 6.12. The van der Waals surface area contributed by atoms with Crippen molar-refractivity contribution >= 4 is 38.8 Å². The van der Waals surface area contributed by atoms with Crippen molar-refractivity contribution in [2.75, 3.05) is 0 Å². The van der Waals surface area contributed by atoms with Gasteiger partial charge in [0.25, 0.3) is 0 Å². The Morgan fingerprint density at radius 1 is 0.893 bits per heavy atom. The van der Waals surface area contributed by atoms with Crippen LogP contribution in [0.2, 0.25) is 0 Å². The topological polar surface area (TPSA) is 47.3 Å². The zero-order chi connectivity index (χ0) is 19.5. The van der Waals surface area contributed by atoms with E-state index >= 15 is 0 Å². The Morgan fingerprint density at radius 3 is 2.46 bits per heavy atom. The van der Waals surface area contributed by atoms with Crippen LogP contribution in [0.4, 0.5) is 0 Å². The van der Waals surface area contributed by atoms with Gasteiger partial charge in [-0.1, -0.05) is 76.6 Å². The summed E-state index contributed by atoms with van der Waals surface area (Å²) in [4.78, 5) is 24.3. The van der Waals surface area contributed by atoms with Crippen LogP contribution in [0.3, 0.4) is 0 Å². The molecule has 3 aromatic carbocycles. The quantitative estimate of drug-likeness (QED) is 0.222. The number of carbonyl (C=O) groups excluding carboxylic acids is 1. The van der Waals surface area contributed by atoms with Crippen LogP contribution in [0.5, 0.6) is 0 Å². The second kappa shape index (κ2) is 7.79. The first-order valence-electron chi connectivity index (χ1n) is 8.71. The lowest BCUT2D eigenvalue weighted by atomic mass is 9.99. The number of hydrogen-bond donors (Lipinski definition) is 0. The highest BCUT2D eigenvalue weighted by atomic mass is 79.9. The Bertz CT molecular complexity index is 1250. The van der Waals surface area contributed by atoms with Gasteiger partial charge in [0.1, 0.15) is 5.58 Å². The largest absolute Gasteiger partial charge is 0.423 e. The molecule has 1 heterocycles. The van der Waals surface area contributed by atoms with Crippen LogP contribution in [0, 0.1) is 0 Å². The zero-order valence-electron chi connectivity index (χ0n) is 14.8. The van der Waals surface area contributed by atoms with Gasteiger partial charge in [-0.15, -0.1) is 0 Å². The number of para-hydroxylation sites is 1. The van der Waals surface area contributed by atoms with E-state index in [-0.39, 0.29) is 5.78 Å². The van der Waals surface area contributed by atoms with E-state index in [0.717, 1.165) is 26.5 Å². The number of rotatable bonds is 4. The van der Waals surface area contributed by atoms with Gasteiger partial charge in [-0.25, -0.2) is 4.79 Å². The summed E-state index contributed by atoms with van der Waals surface area (Å²) in [6, 6.07) is 23.9. The van der Waals surface area contributed by atoms with Crippen molar-refractivity contribution in [2.24, 2.45) is 0 Å². The molecule has 4 rings (SSSR count).